The van der Waals surface area contributed by atoms with Crippen LogP contribution in [0.4, 0.5) is 5.69 Å². The van der Waals surface area contributed by atoms with Gasteiger partial charge in [0.15, 0.2) is 12.4 Å². The molecule has 3 rings (SSSR count). The van der Waals surface area contributed by atoms with Crippen LogP contribution in [0.3, 0.4) is 0 Å². The lowest BCUT2D eigenvalue weighted by Gasteiger charge is -2.08. The van der Waals surface area contributed by atoms with Crippen LogP contribution in [0.2, 0.25) is 5.02 Å². The molecule has 0 unspecified atom stereocenters. The highest BCUT2D eigenvalue weighted by atomic mass is 35.5. The third-order valence-electron chi connectivity index (χ3n) is 3.66. The van der Waals surface area contributed by atoms with Crippen molar-refractivity contribution in [2.75, 3.05) is 11.9 Å². The number of rotatable bonds is 4. The third-order valence-corrected chi connectivity index (χ3v) is 3.89. The zero-order chi connectivity index (χ0) is 15.7. The fraction of sp³-hybridized carbons (Fsp3) is 0.176. The first-order valence-electron chi connectivity index (χ1n) is 6.91. The summed E-state index contributed by atoms with van der Waals surface area (Å²) in [5.74, 6) is 0.118. The molecule has 22 heavy (non-hydrogen) atoms. The standard InChI is InChI=1S/C17H14ClNO3/c1-10-14-7-11(5-6-15(14)19-17(10)21)16(20)9-22-13-4-2-3-12(18)8-13/h2-8,10H,9H2,1H3,(H,19,21)/t10-/m0/s1. The average Bonchev–Trinajstić information content (AvgIpc) is 2.79. The number of hydrogen-bond donors (Lipinski definition) is 1. The monoisotopic (exact) mass is 315 g/mol. The first kappa shape index (κ1) is 14.6. The van der Waals surface area contributed by atoms with Gasteiger partial charge in [0.05, 0.1) is 5.92 Å². The van der Waals surface area contributed by atoms with E-state index in [4.69, 9.17) is 16.3 Å². The van der Waals surface area contributed by atoms with Gasteiger partial charge in [0.1, 0.15) is 5.75 Å². The van der Waals surface area contributed by atoms with E-state index in [1.807, 2.05) is 6.92 Å². The molecule has 0 aromatic heterocycles. The van der Waals surface area contributed by atoms with Gasteiger partial charge < -0.3 is 10.1 Å². The Kier molecular flexibility index (Phi) is 3.86. The minimum Gasteiger partial charge on any atom is -0.485 e. The molecule has 1 atom stereocenters. The largest absolute Gasteiger partial charge is 0.485 e. The summed E-state index contributed by atoms with van der Waals surface area (Å²) in [6, 6.07) is 12.1. The van der Waals surface area contributed by atoms with Crippen molar-refractivity contribution in [3.63, 3.8) is 0 Å². The molecule has 1 heterocycles. The van der Waals surface area contributed by atoms with Gasteiger partial charge in [-0.1, -0.05) is 17.7 Å². The molecule has 2 aromatic carbocycles. The van der Waals surface area contributed by atoms with Crippen LogP contribution in [0.5, 0.6) is 5.75 Å². The molecule has 1 aliphatic rings. The van der Waals surface area contributed by atoms with E-state index in [2.05, 4.69) is 5.32 Å². The quantitative estimate of drug-likeness (QED) is 0.876. The van der Waals surface area contributed by atoms with Gasteiger partial charge in [-0.15, -0.1) is 0 Å². The van der Waals surface area contributed by atoms with E-state index in [-0.39, 0.29) is 24.2 Å². The molecule has 0 saturated heterocycles. The number of anilines is 1. The smallest absolute Gasteiger partial charge is 0.231 e. The normalized spacial score (nSPS) is 16.1. The summed E-state index contributed by atoms with van der Waals surface area (Å²) in [6.45, 7) is 1.74. The molecule has 0 aliphatic carbocycles. The maximum atomic E-state index is 12.2. The van der Waals surface area contributed by atoms with Crippen LogP contribution in [-0.4, -0.2) is 18.3 Å². The van der Waals surface area contributed by atoms with Gasteiger partial charge in [0, 0.05) is 16.3 Å². The summed E-state index contributed by atoms with van der Waals surface area (Å²) in [4.78, 5) is 23.8. The van der Waals surface area contributed by atoms with Crippen LogP contribution in [0, 0.1) is 0 Å². The van der Waals surface area contributed by atoms with Crippen molar-refractivity contribution in [1.29, 1.82) is 0 Å². The van der Waals surface area contributed by atoms with Crippen LogP contribution in [-0.2, 0) is 4.79 Å². The van der Waals surface area contributed by atoms with E-state index >= 15 is 0 Å². The molecule has 1 aliphatic heterocycles. The molecule has 4 nitrogen and oxygen atoms in total. The van der Waals surface area contributed by atoms with E-state index in [1.165, 1.54) is 0 Å². The second kappa shape index (κ2) is 5.81. The van der Waals surface area contributed by atoms with Crippen molar-refractivity contribution in [1.82, 2.24) is 0 Å². The fourth-order valence-electron chi connectivity index (χ4n) is 2.38. The second-order valence-corrected chi connectivity index (χ2v) is 5.62. The number of ketones is 1. The topological polar surface area (TPSA) is 55.4 Å². The number of carbonyl (C=O) groups excluding carboxylic acids is 2. The van der Waals surface area contributed by atoms with Crippen molar-refractivity contribution < 1.29 is 14.3 Å². The highest BCUT2D eigenvalue weighted by Gasteiger charge is 2.27. The number of Topliss-reactive ketones (excluding diaryl/α,β-unsaturated/α-hetero) is 1. The molecule has 112 valence electrons. The van der Waals surface area contributed by atoms with Crippen molar-refractivity contribution in [3.8, 4) is 5.75 Å². The molecule has 0 spiro atoms. The predicted octanol–water partition coefficient (Wildman–Crippen LogP) is 3.66. The van der Waals surface area contributed by atoms with Gasteiger partial charge >= 0.3 is 0 Å². The Morgan fingerprint density at radius 2 is 2.09 bits per heavy atom. The van der Waals surface area contributed by atoms with Gasteiger partial charge in [-0.05, 0) is 48.9 Å². The number of benzene rings is 2. The lowest BCUT2D eigenvalue weighted by molar-refractivity contribution is -0.116. The third kappa shape index (κ3) is 2.83. The van der Waals surface area contributed by atoms with E-state index in [1.54, 1.807) is 42.5 Å². The number of hydrogen-bond acceptors (Lipinski definition) is 3. The fourth-order valence-corrected chi connectivity index (χ4v) is 2.56. The zero-order valence-electron chi connectivity index (χ0n) is 11.9. The molecular formula is C17H14ClNO3. The Balaban J connectivity index is 1.72. The van der Waals surface area contributed by atoms with Crippen molar-refractivity contribution in [2.45, 2.75) is 12.8 Å². The van der Waals surface area contributed by atoms with Gasteiger partial charge in [-0.25, -0.2) is 0 Å². The van der Waals surface area contributed by atoms with Crippen LogP contribution in [0.25, 0.3) is 0 Å². The van der Waals surface area contributed by atoms with E-state index in [0.29, 0.717) is 16.3 Å². The van der Waals surface area contributed by atoms with Crippen LogP contribution in [0.1, 0.15) is 28.8 Å². The lowest BCUT2D eigenvalue weighted by Crippen LogP contribution is -2.12. The van der Waals surface area contributed by atoms with Crippen LogP contribution in [0.15, 0.2) is 42.5 Å². The summed E-state index contributed by atoms with van der Waals surface area (Å²) >= 11 is 5.87. The highest BCUT2D eigenvalue weighted by Crippen LogP contribution is 2.32. The van der Waals surface area contributed by atoms with Crippen LogP contribution < -0.4 is 10.1 Å². The molecule has 0 bridgehead atoms. The maximum Gasteiger partial charge on any atom is 0.231 e. The number of ether oxygens (including phenoxy) is 1. The average molecular weight is 316 g/mol. The first-order valence-corrected chi connectivity index (χ1v) is 7.29. The van der Waals surface area contributed by atoms with Crippen molar-refractivity contribution in [2.24, 2.45) is 0 Å². The molecular weight excluding hydrogens is 302 g/mol. The van der Waals surface area contributed by atoms with Crippen LogP contribution >= 0.6 is 11.6 Å². The van der Waals surface area contributed by atoms with E-state index in [9.17, 15) is 9.59 Å². The Labute approximate surface area is 133 Å². The molecule has 1 N–H and O–H groups in total. The van der Waals surface area contributed by atoms with E-state index in [0.717, 1.165) is 11.3 Å². The van der Waals surface area contributed by atoms with Gasteiger partial charge in [-0.2, -0.15) is 0 Å². The summed E-state index contributed by atoms with van der Waals surface area (Å²) < 4.78 is 5.45. The predicted molar refractivity (Wildman–Crippen MR) is 84.8 cm³/mol. The number of nitrogens with one attached hydrogen (secondary N) is 1. The Bertz CT molecular complexity index is 757. The maximum absolute atomic E-state index is 12.2. The van der Waals surface area contributed by atoms with Crippen molar-refractivity contribution in [3.05, 3.63) is 58.6 Å². The SMILES string of the molecule is C[C@@H]1C(=O)Nc2ccc(C(=O)COc3cccc(Cl)c3)cc21. The molecule has 1 amide bonds. The number of fused-ring (bicyclic) bond motifs is 1. The minimum atomic E-state index is -0.239. The molecule has 0 radical (unpaired) electrons. The van der Waals surface area contributed by atoms with E-state index < -0.39 is 0 Å². The highest BCUT2D eigenvalue weighted by molar-refractivity contribution is 6.30. The van der Waals surface area contributed by atoms with Gasteiger partial charge in [0.2, 0.25) is 5.91 Å². The van der Waals surface area contributed by atoms with Gasteiger partial charge in [-0.3, -0.25) is 9.59 Å². The summed E-state index contributed by atoms with van der Waals surface area (Å²) in [5, 5.41) is 3.34. The number of amides is 1. The number of halogens is 1. The molecule has 0 fully saturated rings. The van der Waals surface area contributed by atoms with Crippen molar-refractivity contribution >= 4 is 29.0 Å². The molecule has 2 aromatic rings. The Morgan fingerprint density at radius 3 is 2.86 bits per heavy atom. The summed E-state index contributed by atoms with van der Waals surface area (Å²) in [7, 11) is 0. The minimum absolute atomic E-state index is 0.0465. The Hall–Kier alpha value is -2.33. The molecule has 0 saturated carbocycles. The summed E-state index contributed by atoms with van der Waals surface area (Å²) in [5.41, 5.74) is 2.15. The first-order chi connectivity index (χ1) is 10.5. The lowest BCUT2D eigenvalue weighted by atomic mass is 9.99. The second-order valence-electron chi connectivity index (χ2n) is 5.18. The zero-order valence-corrected chi connectivity index (χ0v) is 12.7. The summed E-state index contributed by atoms with van der Waals surface area (Å²) in [6.07, 6.45) is 0. The van der Waals surface area contributed by atoms with Gasteiger partial charge in [0.25, 0.3) is 0 Å². The molecule has 5 heteroatoms. The Morgan fingerprint density at radius 1 is 1.27 bits per heavy atom. The number of carbonyl (C=O) groups is 2.